The molecule has 0 aliphatic heterocycles. The van der Waals surface area contributed by atoms with E-state index in [2.05, 4.69) is 32.5 Å². The molecule has 2 heterocycles. The first-order chi connectivity index (χ1) is 12.6. The van der Waals surface area contributed by atoms with Gasteiger partial charge in [-0.05, 0) is 49.4 Å². The zero-order chi connectivity index (χ0) is 18.4. The largest absolute Gasteiger partial charge is 0.360 e. The maximum Gasteiger partial charge on any atom is 0.256 e. The van der Waals surface area contributed by atoms with Gasteiger partial charge in [-0.1, -0.05) is 18.7 Å². The minimum absolute atomic E-state index is 0.232. The average Bonchev–Trinajstić information content (AvgIpc) is 2.62. The Morgan fingerprint density at radius 1 is 0.923 bits per heavy atom. The predicted octanol–water partition coefficient (Wildman–Crippen LogP) is 4.42. The number of carbonyl (C=O) groups excluding carboxylic acids is 1. The molecule has 3 aromatic rings. The van der Waals surface area contributed by atoms with E-state index < -0.39 is 0 Å². The highest BCUT2D eigenvalue weighted by molar-refractivity contribution is 6.04. The molecule has 3 rings (SSSR count). The predicted molar refractivity (Wildman–Crippen MR) is 105 cm³/mol. The Bertz CT molecular complexity index is 924. The van der Waals surface area contributed by atoms with Crippen molar-refractivity contribution in [1.82, 2.24) is 9.97 Å². The molecular weight excluding hydrogens is 326 g/mol. The highest BCUT2D eigenvalue weighted by Crippen LogP contribution is 2.17. The highest BCUT2D eigenvalue weighted by atomic mass is 16.1. The van der Waals surface area contributed by atoms with Crippen molar-refractivity contribution < 1.29 is 4.79 Å². The zero-order valence-electron chi connectivity index (χ0n) is 14.4. The summed E-state index contributed by atoms with van der Waals surface area (Å²) < 4.78 is 0. The molecule has 0 radical (unpaired) electrons. The Kier molecular flexibility index (Phi) is 5.24. The van der Waals surface area contributed by atoms with E-state index in [1.54, 1.807) is 30.6 Å². The van der Waals surface area contributed by atoms with Gasteiger partial charge in [0, 0.05) is 35.0 Å². The first-order valence-electron chi connectivity index (χ1n) is 8.08. The first-order valence-corrected chi connectivity index (χ1v) is 8.08. The molecule has 0 unspecified atom stereocenters. The fraction of sp³-hybridized carbons (Fsp3) is 0.0500. The van der Waals surface area contributed by atoms with Gasteiger partial charge in [0.2, 0.25) is 0 Å². The molecule has 0 saturated carbocycles. The molecule has 0 spiro atoms. The van der Waals surface area contributed by atoms with Gasteiger partial charge in [-0.15, -0.1) is 0 Å². The van der Waals surface area contributed by atoms with Crippen molar-refractivity contribution in [2.45, 2.75) is 6.92 Å². The van der Waals surface area contributed by atoms with Gasteiger partial charge in [-0.25, -0.2) is 4.98 Å². The summed E-state index contributed by atoms with van der Waals surface area (Å²) in [7, 11) is 0. The van der Waals surface area contributed by atoms with Crippen molar-refractivity contribution in [1.29, 1.82) is 0 Å². The minimum atomic E-state index is -0.232. The van der Waals surface area contributed by atoms with E-state index in [1.165, 1.54) is 0 Å². The van der Waals surface area contributed by atoms with Gasteiger partial charge in [0.1, 0.15) is 11.6 Å². The van der Waals surface area contributed by atoms with Crippen LogP contribution in [0.4, 0.5) is 23.0 Å². The molecular formula is C20H19N5O. The Balaban J connectivity index is 1.71. The summed E-state index contributed by atoms with van der Waals surface area (Å²) in [5, 5.41) is 9.07. The van der Waals surface area contributed by atoms with E-state index in [4.69, 9.17) is 0 Å². The lowest BCUT2D eigenvalue weighted by Gasteiger charge is -2.10. The van der Waals surface area contributed by atoms with E-state index >= 15 is 0 Å². The van der Waals surface area contributed by atoms with Crippen molar-refractivity contribution in [3.8, 4) is 0 Å². The Morgan fingerprint density at radius 3 is 2.42 bits per heavy atom. The third kappa shape index (κ3) is 4.67. The SMILES string of the molecule is C=C(C)Nc1cccc(C(=O)Nc2cccc(Nc3ccncc3)n2)c1. The van der Waals surface area contributed by atoms with Crippen molar-refractivity contribution in [2.75, 3.05) is 16.0 Å². The van der Waals surface area contributed by atoms with E-state index in [1.807, 2.05) is 43.3 Å². The monoisotopic (exact) mass is 345 g/mol. The molecule has 1 amide bonds. The summed E-state index contributed by atoms with van der Waals surface area (Å²) in [5.74, 6) is 0.864. The van der Waals surface area contributed by atoms with Crippen molar-refractivity contribution >= 4 is 28.9 Å². The van der Waals surface area contributed by atoms with E-state index in [0.717, 1.165) is 17.1 Å². The van der Waals surface area contributed by atoms with Crippen LogP contribution < -0.4 is 16.0 Å². The standard InChI is InChI=1S/C20H19N5O/c1-14(2)22-17-6-3-5-15(13-17)20(26)25-19-8-4-7-18(24-19)23-16-9-11-21-12-10-16/h3-13,22H,1H2,2H3,(H2,21,23,24,25,26). The number of rotatable bonds is 6. The van der Waals surface area contributed by atoms with Crippen LogP contribution in [0, 0.1) is 0 Å². The molecule has 0 atom stereocenters. The summed E-state index contributed by atoms with van der Waals surface area (Å²) >= 11 is 0. The fourth-order valence-corrected chi connectivity index (χ4v) is 2.33. The van der Waals surface area contributed by atoms with Gasteiger partial charge in [0.05, 0.1) is 0 Å². The molecule has 2 aromatic heterocycles. The van der Waals surface area contributed by atoms with Crippen LogP contribution in [0.2, 0.25) is 0 Å². The average molecular weight is 345 g/mol. The number of nitrogens with one attached hydrogen (secondary N) is 3. The van der Waals surface area contributed by atoms with Crippen LogP contribution in [-0.2, 0) is 0 Å². The first kappa shape index (κ1) is 17.2. The van der Waals surface area contributed by atoms with Crippen LogP contribution in [-0.4, -0.2) is 15.9 Å². The maximum atomic E-state index is 12.5. The van der Waals surface area contributed by atoms with Crippen LogP contribution >= 0.6 is 0 Å². The quantitative estimate of drug-likeness (QED) is 0.616. The number of allylic oxidation sites excluding steroid dienone is 1. The summed E-state index contributed by atoms with van der Waals surface area (Å²) in [6.45, 7) is 5.66. The summed E-state index contributed by atoms with van der Waals surface area (Å²) in [4.78, 5) is 20.9. The molecule has 0 aliphatic carbocycles. The Morgan fingerprint density at radius 2 is 1.65 bits per heavy atom. The highest BCUT2D eigenvalue weighted by Gasteiger charge is 2.08. The molecule has 0 saturated heterocycles. The Labute approximate surface area is 152 Å². The van der Waals surface area contributed by atoms with Crippen molar-refractivity contribution in [2.24, 2.45) is 0 Å². The molecule has 130 valence electrons. The number of anilines is 4. The molecule has 3 N–H and O–H groups in total. The normalized spacial score (nSPS) is 10.0. The Hall–Kier alpha value is -3.67. The molecule has 26 heavy (non-hydrogen) atoms. The number of benzene rings is 1. The number of hydrogen-bond acceptors (Lipinski definition) is 5. The van der Waals surface area contributed by atoms with Gasteiger partial charge in [0.15, 0.2) is 0 Å². The molecule has 6 nitrogen and oxygen atoms in total. The van der Waals surface area contributed by atoms with Crippen LogP contribution in [0.1, 0.15) is 17.3 Å². The second kappa shape index (κ2) is 7.94. The molecule has 0 bridgehead atoms. The number of aromatic nitrogens is 2. The minimum Gasteiger partial charge on any atom is -0.360 e. The lowest BCUT2D eigenvalue weighted by Crippen LogP contribution is -2.13. The van der Waals surface area contributed by atoms with Gasteiger partial charge < -0.3 is 16.0 Å². The topological polar surface area (TPSA) is 78.9 Å². The van der Waals surface area contributed by atoms with E-state index in [-0.39, 0.29) is 5.91 Å². The van der Waals surface area contributed by atoms with E-state index in [0.29, 0.717) is 17.2 Å². The fourth-order valence-electron chi connectivity index (χ4n) is 2.33. The van der Waals surface area contributed by atoms with Crippen LogP contribution in [0.15, 0.2) is 79.3 Å². The molecule has 1 aromatic carbocycles. The number of hydrogen-bond donors (Lipinski definition) is 3. The summed E-state index contributed by atoms with van der Waals surface area (Å²) in [6.07, 6.45) is 3.39. The van der Waals surface area contributed by atoms with E-state index in [9.17, 15) is 4.79 Å². The molecule has 0 aliphatic rings. The zero-order valence-corrected chi connectivity index (χ0v) is 14.4. The molecule has 0 fully saturated rings. The second-order valence-corrected chi connectivity index (χ2v) is 5.71. The third-order valence-corrected chi connectivity index (χ3v) is 3.43. The second-order valence-electron chi connectivity index (χ2n) is 5.71. The van der Waals surface area contributed by atoms with Crippen LogP contribution in [0.5, 0.6) is 0 Å². The lowest BCUT2D eigenvalue weighted by atomic mass is 10.2. The summed E-state index contributed by atoms with van der Waals surface area (Å²) in [5.41, 5.74) is 3.02. The van der Waals surface area contributed by atoms with Gasteiger partial charge in [-0.2, -0.15) is 0 Å². The van der Waals surface area contributed by atoms with Crippen LogP contribution in [0.3, 0.4) is 0 Å². The van der Waals surface area contributed by atoms with Gasteiger partial charge in [-0.3, -0.25) is 9.78 Å². The number of nitrogens with zero attached hydrogens (tertiary/aromatic N) is 2. The number of carbonyl (C=O) groups is 1. The number of pyridine rings is 2. The van der Waals surface area contributed by atoms with Crippen molar-refractivity contribution in [3.63, 3.8) is 0 Å². The van der Waals surface area contributed by atoms with Crippen LogP contribution in [0.25, 0.3) is 0 Å². The van der Waals surface area contributed by atoms with Crippen molar-refractivity contribution in [3.05, 3.63) is 84.8 Å². The molecule has 6 heteroatoms. The lowest BCUT2D eigenvalue weighted by molar-refractivity contribution is 0.102. The van der Waals surface area contributed by atoms with Gasteiger partial charge in [0.25, 0.3) is 5.91 Å². The summed E-state index contributed by atoms with van der Waals surface area (Å²) in [6, 6.07) is 16.3. The third-order valence-electron chi connectivity index (χ3n) is 3.43. The number of amides is 1. The smallest absolute Gasteiger partial charge is 0.256 e. The maximum absolute atomic E-state index is 12.5. The van der Waals surface area contributed by atoms with Gasteiger partial charge >= 0.3 is 0 Å².